The van der Waals surface area contributed by atoms with E-state index in [0.717, 1.165) is 19.3 Å². The van der Waals surface area contributed by atoms with Crippen molar-refractivity contribution in [1.82, 2.24) is 10.6 Å². The van der Waals surface area contributed by atoms with Gasteiger partial charge in [-0.15, -0.1) is 0 Å². The molecule has 0 aliphatic heterocycles. The number of unbranched alkanes of at least 4 members (excludes halogenated alkanes) is 11. The summed E-state index contributed by atoms with van der Waals surface area (Å²) in [6.07, 6.45) is 21.1. The van der Waals surface area contributed by atoms with Gasteiger partial charge in [0.1, 0.15) is 0 Å². The Kier molecular flexibility index (Phi) is 17.0. The van der Waals surface area contributed by atoms with Crippen LogP contribution < -0.4 is 10.6 Å². The van der Waals surface area contributed by atoms with Crippen LogP contribution in [0.4, 0.5) is 0 Å². The highest BCUT2D eigenvalue weighted by Gasteiger charge is 2.08. The maximum atomic E-state index is 11.2. The Hall–Kier alpha value is -1.32. The second-order valence-corrected chi connectivity index (χ2v) is 6.42. The molecule has 0 bridgehead atoms. The smallest absolute Gasteiger partial charge is 0.309 e. The van der Waals surface area contributed by atoms with E-state index in [-0.39, 0.29) is 0 Å². The van der Waals surface area contributed by atoms with E-state index in [4.69, 9.17) is 0 Å². The minimum atomic E-state index is -0.573. The molecular weight excluding hydrogens is 300 g/mol. The lowest BCUT2D eigenvalue weighted by Crippen LogP contribution is -2.38. The van der Waals surface area contributed by atoms with Crippen LogP contribution in [0.2, 0.25) is 0 Å². The maximum Gasteiger partial charge on any atom is 0.309 e. The molecule has 0 saturated heterocycles. The molecule has 0 aromatic carbocycles. The number of likely N-dealkylation sites (N-methyl/N-ethyl adjacent to an activating group) is 1. The van der Waals surface area contributed by atoms with Crippen molar-refractivity contribution in [3.8, 4) is 0 Å². The summed E-state index contributed by atoms with van der Waals surface area (Å²) in [6, 6.07) is 0. The van der Waals surface area contributed by atoms with Crippen LogP contribution in [0.3, 0.4) is 0 Å². The number of hydrogen-bond acceptors (Lipinski definition) is 2. The third-order valence-corrected chi connectivity index (χ3v) is 4.16. The van der Waals surface area contributed by atoms with E-state index in [9.17, 15) is 9.59 Å². The molecule has 0 aromatic rings. The Labute approximate surface area is 148 Å². The third-order valence-electron chi connectivity index (χ3n) is 4.16. The first-order valence-electron chi connectivity index (χ1n) is 9.87. The van der Waals surface area contributed by atoms with Gasteiger partial charge in [-0.1, -0.05) is 70.4 Å². The fraction of sp³-hybridized carbons (Fsp3) is 0.800. The summed E-state index contributed by atoms with van der Waals surface area (Å²) < 4.78 is 0. The minimum Gasteiger partial charge on any atom is -0.351 e. The lowest BCUT2D eigenvalue weighted by molar-refractivity contribution is -0.138. The van der Waals surface area contributed by atoms with Crippen molar-refractivity contribution in [3.05, 3.63) is 12.2 Å². The normalized spacial score (nSPS) is 10.9. The summed E-state index contributed by atoms with van der Waals surface area (Å²) in [5.41, 5.74) is 0. The zero-order chi connectivity index (χ0) is 17.9. The summed E-state index contributed by atoms with van der Waals surface area (Å²) in [6.45, 7) is 2.83. The van der Waals surface area contributed by atoms with E-state index in [2.05, 4.69) is 29.7 Å². The van der Waals surface area contributed by atoms with Crippen molar-refractivity contribution in [1.29, 1.82) is 0 Å². The van der Waals surface area contributed by atoms with Crippen molar-refractivity contribution in [2.45, 2.75) is 90.4 Å². The Morgan fingerprint density at radius 1 is 0.708 bits per heavy atom. The molecule has 0 heterocycles. The molecule has 0 aliphatic rings. The SMILES string of the molecule is CCCCCCCCCCCC=CCCCCNC(=O)C(=O)NC. The van der Waals surface area contributed by atoms with Crippen LogP contribution in [-0.2, 0) is 9.59 Å². The molecule has 24 heavy (non-hydrogen) atoms. The van der Waals surface area contributed by atoms with E-state index < -0.39 is 11.8 Å². The monoisotopic (exact) mass is 338 g/mol. The van der Waals surface area contributed by atoms with Crippen LogP contribution >= 0.6 is 0 Å². The summed E-state index contributed by atoms with van der Waals surface area (Å²) >= 11 is 0. The standard InChI is InChI=1S/C20H38N2O2/c1-3-4-5-6-7-8-9-10-11-12-13-14-15-16-17-18-22-20(24)19(23)21-2/h13-14H,3-12,15-18H2,1-2H3,(H,21,23)(H,22,24). The lowest BCUT2D eigenvalue weighted by atomic mass is 10.1. The fourth-order valence-corrected chi connectivity index (χ4v) is 2.59. The molecule has 0 fully saturated rings. The largest absolute Gasteiger partial charge is 0.351 e. The highest BCUT2D eigenvalue weighted by Crippen LogP contribution is 2.10. The average molecular weight is 339 g/mol. The fourth-order valence-electron chi connectivity index (χ4n) is 2.59. The predicted molar refractivity (Wildman–Crippen MR) is 102 cm³/mol. The van der Waals surface area contributed by atoms with Crippen LogP contribution in [-0.4, -0.2) is 25.4 Å². The number of carbonyl (C=O) groups excluding carboxylic acids is 2. The van der Waals surface area contributed by atoms with E-state index in [1.54, 1.807) is 0 Å². The van der Waals surface area contributed by atoms with Crippen molar-refractivity contribution in [2.75, 3.05) is 13.6 Å². The average Bonchev–Trinajstić information content (AvgIpc) is 2.60. The number of amides is 2. The highest BCUT2D eigenvalue weighted by molar-refractivity contribution is 6.34. The lowest BCUT2D eigenvalue weighted by Gasteiger charge is -2.02. The number of nitrogens with one attached hydrogen (secondary N) is 2. The molecule has 0 radical (unpaired) electrons. The molecule has 4 heteroatoms. The van der Waals surface area contributed by atoms with E-state index >= 15 is 0 Å². The van der Waals surface area contributed by atoms with Gasteiger partial charge in [-0.05, 0) is 32.1 Å². The van der Waals surface area contributed by atoms with Gasteiger partial charge in [0, 0.05) is 13.6 Å². The Balaban J connectivity index is 3.22. The molecular formula is C20H38N2O2. The Morgan fingerprint density at radius 2 is 1.21 bits per heavy atom. The topological polar surface area (TPSA) is 58.2 Å². The molecule has 2 N–H and O–H groups in total. The second kappa shape index (κ2) is 18.0. The predicted octanol–water partition coefficient (Wildman–Crippen LogP) is 4.50. The first kappa shape index (κ1) is 22.7. The van der Waals surface area contributed by atoms with Gasteiger partial charge in [0.2, 0.25) is 0 Å². The van der Waals surface area contributed by atoms with E-state index in [1.807, 2.05) is 0 Å². The highest BCUT2D eigenvalue weighted by atomic mass is 16.2. The quantitative estimate of drug-likeness (QED) is 0.262. The van der Waals surface area contributed by atoms with Crippen LogP contribution in [0.15, 0.2) is 12.2 Å². The first-order valence-corrected chi connectivity index (χ1v) is 9.87. The Bertz CT molecular complexity index is 341. The first-order chi connectivity index (χ1) is 11.7. The minimum absolute atomic E-state index is 0.543. The van der Waals surface area contributed by atoms with Gasteiger partial charge in [0.25, 0.3) is 0 Å². The number of rotatable bonds is 15. The summed E-state index contributed by atoms with van der Waals surface area (Å²) in [4.78, 5) is 22.2. The van der Waals surface area contributed by atoms with E-state index in [0.29, 0.717) is 6.54 Å². The number of hydrogen-bond donors (Lipinski definition) is 2. The summed E-state index contributed by atoms with van der Waals surface area (Å²) in [5.74, 6) is -1.12. The van der Waals surface area contributed by atoms with Gasteiger partial charge in [0.05, 0.1) is 0 Å². The van der Waals surface area contributed by atoms with Gasteiger partial charge < -0.3 is 10.6 Å². The molecule has 0 aliphatic carbocycles. The van der Waals surface area contributed by atoms with Gasteiger partial charge in [0.15, 0.2) is 0 Å². The molecule has 0 aromatic heterocycles. The molecule has 0 rings (SSSR count). The molecule has 2 amide bonds. The Morgan fingerprint density at radius 3 is 1.75 bits per heavy atom. The van der Waals surface area contributed by atoms with Crippen LogP contribution in [0.25, 0.3) is 0 Å². The molecule has 0 spiro atoms. The zero-order valence-electron chi connectivity index (χ0n) is 15.9. The van der Waals surface area contributed by atoms with Gasteiger partial charge >= 0.3 is 11.8 Å². The summed E-state index contributed by atoms with van der Waals surface area (Å²) in [7, 11) is 1.46. The molecule has 4 nitrogen and oxygen atoms in total. The molecule has 0 saturated carbocycles. The summed E-state index contributed by atoms with van der Waals surface area (Å²) in [5, 5.41) is 4.91. The third kappa shape index (κ3) is 15.6. The van der Waals surface area contributed by atoms with Crippen molar-refractivity contribution in [3.63, 3.8) is 0 Å². The van der Waals surface area contributed by atoms with Crippen LogP contribution in [0.5, 0.6) is 0 Å². The molecule has 0 atom stereocenters. The van der Waals surface area contributed by atoms with Crippen LogP contribution in [0, 0.1) is 0 Å². The van der Waals surface area contributed by atoms with Crippen molar-refractivity contribution < 1.29 is 9.59 Å². The molecule has 0 unspecified atom stereocenters. The van der Waals surface area contributed by atoms with E-state index in [1.165, 1.54) is 71.3 Å². The van der Waals surface area contributed by atoms with Crippen molar-refractivity contribution in [2.24, 2.45) is 0 Å². The van der Waals surface area contributed by atoms with Gasteiger partial charge in [-0.25, -0.2) is 0 Å². The zero-order valence-corrected chi connectivity index (χ0v) is 15.9. The maximum absolute atomic E-state index is 11.2. The van der Waals surface area contributed by atoms with Gasteiger partial charge in [-0.2, -0.15) is 0 Å². The van der Waals surface area contributed by atoms with Gasteiger partial charge in [-0.3, -0.25) is 9.59 Å². The van der Waals surface area contributed by atoms with Crippen molar-refractivity contribution >= 4 is 11.8 Å². The number of allylic oxidation sites excluding steroid dienone is 2. The number of carbonyl (C=O) groups is 2. The molecule has 140 valence electrons. The van der Waals surface area contributed by atoms with Crippen LogP contribution in [0.1, 0.15) is 90.4 Å². The second-order valence-electron chi connectivity index (χ2n) is 6.42.